The van der Waals surface area contributed by atoms with Crippen LogP contribution in [0.4, 0.5) is 11.4 Å². The van der Waals surface area contributed by atoms with Crippen molar-refractivity contribution in [2.24, 2.45) is 0 Å². The number of halogens is 1. The fourth-order valence-electron chi connectivity index (χ4n) is 2.99. The normalized spacial score (nSPS) is 14.3. The van der Waals surface area contributed by atoms with E-state index in [2.05, 4.69) is 4.72 Å². The zero-order valence-corrected chi connectivity index (χ0v) is 15.4. The first-order valence-electron chi connectivity index (χ1n) is 8.06. The molecule has 0 bridgehead atoms. The Bertz CT molecular complexity index is 895. The van der Waals surface area contributed by atoms with E-state index in [-0.39, 0.29) is 11.7 Å². The van der Waals surface area contributed by atoms with Gasteiger partial charge in [0.05, 0.1) is 5.75 Å². The first-order valence-corrected chi connectivity index (χ1v) is 10.1. The van der Waals surface area contributed by atoms with Crippen LogP contribution >= 0.6 is 11.6 Å². The first kappa shape index (κ1) is 17.8. The van der Waals surface area contributed by atoms with Gasteiger partial charge in [0, 0.05) is 29.4 Å². The summed E-state index contributed by atoms with van der Waals surface area (Å²) in [5, 5.41) is 0.568. The third-order valence-electron chi connectivity index (χ3n) is 4.14. The molecule has 0 saturated carbocycles. The fraction of sp³-hybridized carbons (Fsp3) is 0.278. The van der Waals surface area contributed by atoms with Gasteiger partial charge in [-0.2, -0.15) is 0 Å². The third kappa shape index (κ3) is 4.14. The Hall–Kier alpha value is -2.05. The van der Waals surface area contributed by atoms with E-state index < -0.39 is 10.0 Å². The Morgan fingerprint density at radius 1 is 1.12 bits per heavy atom. The van der Waals surface area contributed by atoms with Crippen molar-refractivity contribution in [1.82, 2.24) is 0 Å². The highest BCUT2D eigenvalue weighted by Gasteiger charge is 2.23. The average Bonchev–Trinajstić information content (AvgIpc) is 2.56. The lowest BCUT2D eigenvalue weighted by molar-refractivity contribution is -0.118. The highest BCUT2D eigenvalue weighted by atomic mass is 35.5. The van der Waals surface area contributed by atoms with Crippen molar-refractivity contribution in [1.29, 1.82) is 0 Å². The smallest absolute Gasteiger partial charge is 0.236 e. The minimum Gasteiger partial charge on any atom is -0.312 e. The molecule has 2 aromatic carbocycles. The standard InChI is InChI=1S/C18H19ClN2O3S/c1-2-21-17-9-8-16(11-14(17)5-10-18(21)22)20-25(23,24)12-13-3-6-15(19)7-4-13/h3-4,6-9,11,20H,2,5,10,12H2,1H3. The number of carbonyl (C=O) groups is 1. The van der Waals surface area contributed by atoms with Crippen molar-refractivity contribution >= 4 is 38.9 Å². The Balaban J connectivity index is 1.78. The Kier molecular flexibility index (Phi) is 5.01. The van der Waals surface area contributed by atoms with E-state index in [1.807, 2.05) is 13.0 Å². The summed E-state index contributed by atoms with van der Waals surface area (Å²) in [6.07, 6.45) is 1.07. The van der Waals surface area contributed by atoms with Gasteiger partial charge in [-0.3, -0.25) is 9.52 Å². The Morgan fingerprint density at radius 2 is 1.84 bits per heavy atom. The molecular weight excluding hydrogens is 360 g/mol. The maximum absolute atomic E-state index is 12.4. The third-order valence-corrected chi connectivity index (χ3v) is 5.65. The number of fused-ring (bicyclic) bond motifs is 1. The van der Waals surface area contributed by atoms with Crippen molar-refractivity contribution in [3.05, 3.63) is 58.6 Å². The lowest BCUT2D eigenvalue weighted by atomic mass is 10.0. The Labute approximate surface area is 152 Å². The summed E-state index contributed by atoms with van der Waals surface area (Å²) in [4.78, 5) is 13.7. The Morgan fingerprint density at radius 3 is 2.52 bits per heavy atom. The number of benzene rings is 2. The minimum absolute atomic E-state index is 0.103. The molecule has 0 atom stereocenters. The average molecular weight is 379 g/mol. The van der Waals surface area contributed by atoms with Gasteiger partial charge in [-0.25, -0.2) is 8.42 Å². The zero-order valence-electron chi connectivity index (χ0n) is 13.8. The number of amides is 1. The molecule has 0 unspecified atom stereocenters. The maximum atomic E-state index is 12.4. The van der Waals surface area contributed by atoms with E-state index in [0.717, 1.165) is 11.3 Å². The molecule has 1 aliphatic heterocycles. The van der Waals surface area contributed by atoms with Crippen LogP contribution < -0.4 is 9.62 Å². The number of anilines is 2. The summed E-state index contributed by atoms with van der Waals surface area (Å²) in [7, 11) is -3.53. The van der Waals surface area contributed by atoms with Gasteiger partial charge in [0.25, 0.3) is 0 Å². The van der Waals surface area contributed by atoms with Gasteiger partial charge in [0.15, 0.2) is 0 Å². The molecule has 132 valence electrons. The van der Waals surface area contributed by atoms with Crippen LogP contribution in [0.2, 0.25) is 5.02 Å². The van der Waals surface area contributed by atoms with Gasteiger partial charge < -0.3 is 4.90 Å². The predicted octanol–water partition coefficient (Wildman–Crippen LogP) is 3.58. The van der Waals surface area contributed by atoms with E-state index in [1.165, 1.54) is 0 Å². The van der Waals surface area contributed by atoms with Gasteiger partial charge in [0.2, 0.25) is 15.9 Å². The summed E-state index contributed by atoms with van der Waals surface area (Å²) >= 11 is 5.82. The zero-order chi connectivity index (χ0) is 18.0. The summed E-state index contributed by atoms with van der Waals surface area (Å²) in [6, 6.07) is 12.0. The number of carbonyl (C=O) groups excluding carboxylic acids is 1. The van der Waals surface area contributed by atoms with Crippen molar-refractivity contribution in [3.63, 3.8) is 0 Å². The molecule has 1 amide bonds. The molecule has 0 spiro atoms. The van der Waals surface area contributed by atoms with Crippen LogP contribution in [0, 0.1) is 0 Å². The van der Waals surface area contributed by atoms with E-state index >= 15 is 0 Å². The number of nitrogens with zero attached hydrogens (tertiary/aromatic N) is 1. The lowest BCUT2D eigenvalue weighted by Crippen LogP contribution is -2.34. The van der Waals surface area contributed by atoms with Gasteiger partial charge in [-0.05, 0) is 54.8 Å². The van der Waals surface area contributed by atoms with Crippen LogP contribution in [0.5, 0.6) is 0 Å². The van der Waals surface area contributed by atoms with Crippen LogP contribution in [-0.2, 0) is 27.0 Å². The molecule has 0 saturated heterocycles. The molecule has 0 aliphatic carbocycles. The number of hydrogen-bond donors (Lipinski definition) is 1. The topological polar surface area (TPSA) is 66.5 Å². The van der Waals surface area contributed by atoms with E-state index in [4.69, 9.17) is 11.6 Å². The second-order valence-electron chi connectivity index (χ2n) is 5.97. The number of rotatable bonds is 5. The maximum Gasteiger partial charge on any atom is 0.236 e. The molecular formula is C18H19ClN2O3S. The highest BCUT2D eigenvalue weighted by Crippen LogP contribution is 2.30. The fourth-order valence-corrected chi connectivity index (χ4v) is 4.30. The van der Waals surface area contributed by atoms with E-state index in [9.17, 15) is 13.2 Å². The largest absolute Gasteiger partial charge is 0.312 e. The summed E-state index contributed by atoms with van der Waals surface area (Å²) in [5.41, 5.74) is 3.02. The van der Waals surface area contributed by atoms with Crippen molar-refractivity contribution in [2.45, 2.75) is 25.5 Å². The molecule has 25 heavy (non-hydrogen) atoms. The number of hydrogen-bond acceptors (Lipinski definition) is 3. The van der Waals surface area contributed by atoms with Crippen molar-refractivity contribution in [3.8, 4) is 0 Å². The minimum atomic E-state index is -3.53. The SMILES string of the molecule is CCN1C(=O)CCc2cc(NS(=O)(=O)Cc3ccc(Cl)cc3)ccc21. The second kappa shape index (κ2) is 7.06. The monoisotopic (exact) mass is 378 g/mol. The molecule has 0 radical (unpaired) electrons. The van der Waals surface area contributed by atoms with Gasteiger partial charge >= 0.3 is 0 Å². The molecule has 3 rings (SSSR count). The van der Waals surface area contributed by atoms with Crippen LogP contribution in [-0.4, -0.2) is 20.9 Å². The number of aryl methyl sites for hydroxylation is 1. The predicted molar refractivity (Wildman–Crippen MR) is 100 cm³/mol. The lowest BCUT2D eigenvalue weighted by Gasteiger charge is -2.28. The second-order valence-corrected chi connectivity index (χ2v) is 8.13. The number of nitrogens with one attached hydrogen (secondary N) is 1. The molecule has 0 aromatic heterocycles. The van der Waals surface area contributed by atoms with Gasteiger partial charge in [0.1, 0.15) is 0 Å². The molecule has 7 heteroatoms. The van der Waals surface area contributed by atoms with Crippen LogP contribution in [0.25, 0.3) is 0 Å². The summed E-state index contributed by atoms with van der Waals surface area (Å²) in [6.45, 7) is 2.53. The first-order chi connectivity index (χ1) is 11.9. The highest BCUT2D eigenvalue weighted by molar-refractivity contribution is 7.91. The van der Waals surface area contributed by atoms with Gasteiger partial charge in [-0.1, -0.05) is 23.7 Å². The molecule has 1 aliphatic rings. The molecule has 5 nitrogen and oxygen atoms in total. The van der Waals surface area contributed by atoms with Crippen molar-refractivity contribution in [2.75, 3.05) is 16.2 Å². The van der Waals surface area contributed by atoms with Crippen LogP contribution in [0.15, 0.2) is 42.5 Å². The van der Waals surface area contributed by atoms with Gasteiger partial charge in [-0.15, -0.1) is 0 Å². The number of sulfonamides is 1. The summed E-state index contributed by atoms with van der Waals surface area (Å²) < 4.78 is 27.4. The van der Waals surface area contributed by atoms with E-state index in [0.29, 0.717) is 35.7 Å². The molecule has 1 N–H and O–H groups in total. The van der Waals surface area contributed by atoms with Crippen molar-refractivity contribution < 1.29 is 13.2 Å². The molecule has 2 aromatic rings. The summed E-state index contributed by atoms with van der Waals surface area (Å²) in [5.74, 6) is -0.0213. The van der Waals surface area contributed by atoms with Crippen LogP contribution in [0.3, 0.4) is 0 Å². The van der Waals surface area contributed by atoms with E-state index in [1.54, 1.807) is 41.3 Å². The molecule has 1 heterocycles. The quantitative estimate of drug-likeness (QED) is 0.864. The molecule has 0 fully saturated rings. The van der Waals surface area contributed by atoms with Crippen LogP contribution in [0.1, 0.15) is 24.5 Å².